The highest BCUT2D eigenvalue weighted by Gasteiger charge is 2.29. The lowest BCUT2D eigenvalue weighted by atomic mass is 10.0. The average molecular weight is 671 g/mol. The van der Waals surface area contributed by atoms with E-state index in [2.05, 4.69) is 26.3 Å². The Hall–Kier alpha value is -5.26. The number of ether oxygens (including phenoxy) is 1. The van der Waals surface area contributed by atoms with Crippen molar-refractivity contribution in [1.82, 2.24) is 31.2 Å². The molecule has 4 N–H and O–H groups in total. The summed E-state index contributed by atoms with van der Waals surface area (Å²) in [6, 6.07) is 16.6. The summed E-state index contributed by atoms with van der Waals surface area (Å²) in [7, 11) is 1.48. The van der Waals surface area contributed by atoms with Crippen molar-refractivity contribution in [3.8, 4) is 5.88 Å². The number of fused-ring (bicyclic) bond motifs is 18. The molecule has 3 aromatic rings. The van der Waals surface area contributed by atoms with E-state index in [0.717, 1.165) is 11.1 Å². The average Bonchev–Trinajstić information content (AvgIpc) is 3.10. The van der Waals surface area contributed by atoms with Crippen molar-refractivity contribution in [2.24, 2.45) is 5.92 Å². The molecule has 0 fully saturated rings. The number of pyridine rings is 1. The monoisotopic (exact) mass is 670 g/mol. The van der Waals surface area contributed by atoms with Crippen molar-refractivity contribution in [1.29, 1.82) is 0 Å². The molecule has 0 spiro atoms. The second-order valence-electron chi connectivity index (χ2n) is 12.6. The Balaban J connectivity index is 1.63. The van der Waals surface area contributed by atoms with E-state index in [1.807, 2.05) is 44.2 Å². The van der Waals surface area contributed by atoms with Gasteiger partial charge in [0, 0.05) is 49.4 Å². The van der Waals surface area contributed by atoms with E-state index < -0.39 is 35.8 Å². The van der Waals surface area contributed by atoms with Crippen LogP contribution in [0.15, 0.2) is 72.9 Å². The van der Waals surface area contributed by atoms with Gasteiger partial charge in [0.05, 0.1) is 7.11 Å². The molecule has 5 amide bonds. The number of amides is 5. The smallest absolute Gasteiger partial charge is 0.254 e. The van der Waals surface area contributed by atoms with Crippen LogP contribution >= 0.6 is 0 Å². The normalized spacial score (nSPS) is 20.0. The summed E-state index contributed by atoms with van der Waals surface area (Å²) in [6.45, 7) is 6.48. The fourth-order valence-electron chi connectivity index (χ4n) is 5.52. The van der Waals surface area contributed by atoms with Gasteiger partial charge in [-0.25, -0.2) is 4.98 Å². The largest absolute Gasteiger partial charge is 0.481 e. The standard InChI is InChI=1S/C37H46N6O6/c1-24(2)20-30-35(46)40-25(3)33(44)39-17-8-9-19-43(37(48)29-16-18-38-32(22-29)49-4)23-27-12-14-28(15-13-27)34(45)41-31(36(47)42-30)21-26-10-6-5-7-11-26/h5-7,10-16,18,22,24-25,30-31H,8-9,17,19-21,23H2,1-4H3,(H,39,44)(H,40,46)(H,41,45)(H,42,47)/t25-,30+,31-/m1/s1. The number of nitrogens with zero attached hydrogens (tertiary/aromatic N) is 2. The molecule has 49 heavy (non-hydrogen) atoms. The van der Waals surface area contributed by atoms with E-state index in [4.69, 9.17) is 4.74 Å². The zero-order valence-corrected chi connectivity index (χ0v) is 28.5. The Morgan fingerprint density at radius 2 is 1.61 bits per heavy atom. The number of hydrogen-bond acceptors (Lipinski definition) is 7. The van der Waals surface area contributed by atoms with Crippen LogP contribution in [-0.4, -0.2) is 77.7 Å². The first-order chi connectivity index (χ1) is 23.5. The number of nitrogens with one attached hydrogen (secondary N) is 4. The predicted molar refractivity (Wildman–Crippen MR) is 185 cm³/mol. The molecule has 0 saturated heterocycles. The van der Waals surface area contributed by atoms with Crippen LogP contribution in [0.5, 0.6) is 5.88 Å². The molecule has 2 aliphatic rings. The summed E-state index contributed by atoms with van der Waals surface area (Å²) in [5, 5.41) is 11.3. The molecule has 260 valence electrons. The fraction of sp³-hybridized carbons (Fsp3) is 0.405. The zero-order valence-electron chi connectivity index (χ0n) is 28.5. The summed E-state index contributed by atoms with van der Waals surface area (Å²) in [5.41, 5.74) is 2.39. The quantitative estimate of drug-likeness (QED) is 0.294. The highest BCUT2D eigenvalue weighted by Crippen LogP contribution is 2.16. The molecule has 0 saturated carbocycles. The summed E-state index contributed by atoms with van der Waals surface area (Å²) in [4.78, 5) is 73.0. The van der Waals surface area contributed by atoms with Gasteiger partial charge in [0.2, 0.25) is 23.6 Å². The fourth-order valence-corrected chi connectivity index (χ4v) is 5.52. The summed E-state index contributed by atoms with van der Waals surface area (Å²) < 4.78 is 5.21. The molecule has 12 heteroatoms. The van der Waals surface area contributed by atoms with Crippen LogP contribution in [0.2, 0.25) is 0 Å². The van der Waals surface area contributed by atoms with Crippen LogP contribution in [0.4, 0.5) is 0 Å². The minimum Gasteiger partial charge on any atom is -0.481 e. The van der Waals surface area contributed by atoms with Crippen molar-refractivity contribution >= 4 is 29.5 Å². The van der Waals surface area contributed by atoms with Crippen molar-refractivity contribution < 1.29 is 28.7 Å². The van der Waals surface area contributed by atoms with Gasteiger partial charge >= 0.3 is 0 Å². The molecule has 0 radical (unpaired) electrons. The van der Waals surface area contributed by atoms with Gasteiger partial charge in [-0.15, -0.1) is 0 Å². The Morgan fingerprint density at radius 1 is 0.898 bits per heavy atom. The maximum Gasteiger partial charge on any atom is 0.254 e. The molecule has 2 aromatic carbocycles. The van der Waals surface area contributed by atoms with E-state index in [9.17, 15) is 24.0 Å². The molecule has 1 aromatic heterocycles. The van der Waals surface area contributed by atoms with Crippen LogP contribution in [0.3, 0.4) is 0 Å². The molecule has 3 heterocycles. The summed E-state index contributed by atoms with van der Waals surface area (Å²) >= 11 is 0. The third-order valence-electron chi connectivity index (χ3n) is 8.22. The van der Waals surface area contributed by atoms with Gasteiger partial charge < -0.3 is 30.9 Å². The van der Waals surface area contributed by atoms with E-state index in [-0.39, 0.29) is 30.7 Å². The lowest BCUT2D eigenvalue weighted by Gasteiger charge is -2.25. The first-order valence-electron chi connectivity index (χ1n) is 16.7. The van der Waals surface area contributed by atoms with Gasteiger partial charge in [0.25, 0.3) is 11.8 Å². The molecular formula is C37H46N6O6. The number of rotatable bonds is 6. The highest BCUT2D eigenvalue weighted by atomic mass is 16.5. The lowest BCUT2D eigenvalue weighted by molar-refractivity contribution is -0.132. The van der Waals surface area contributed by atoms with Gasteiger partial charge in [0.15, 0.2) is 0 Å². The number of carbonyl (C=O) groups excluding carboxylic acids is 5. The third-order valence-corrected chi connectivity index (χ3v) is 8.22. The van der Waals surface area contributed by atoms with Crippen molar-refractivity contribution in [3.05, 3.63) is 95.2 Å². The molecule has 12 nitrogen and oxygen atoms in total. The van der Waals surface area contributed by atoms with Crippen LogP contribution in [0, 0.1) is 5.92 Å². The van der Waals surface area contributed by atoms with Gasteiger partial charge in [-0.05, 0) is 61.4 Å². The number of aromatic nitrogens is 1. The molecule has 2 bridgehead atoms. The van der Waals surface area contributed by atoms with Gasteiger partial charge in [-0.2, -0.15) is 0 Å². The Labute approximate surface area is 287 Å². The van der Waals surface area contributed by atoms with Gasteiger partial charge in [-0.3, -0.25) is 24.0 Å². The van der Waals surface area contributed by atoms with E-state index in [1.54, 1.807) is 48.2 Å². The van der Waals surface area contributed by atoms with E-state index in [1.165, 1.54) is 13.3 Å². The maximum absolute atomic E-state index is 13.7. The van der Waals surface area contributed by atoms with Gasteiger partial charge in [-0.1, -0.05) is 56.3 Å². The molecule has 2 aliphatic heterocycles. The molecule has 0 unspecified atom stereocenters. The Kier molecular flexibility index (Phi) is 13.3. The zero-order chi connectivity index (χ0) is 35.3. The van der Waals surface area contributed by atoms with Gasteiger partial charge in [0.1, 0.15) is 18.1 Å². The Morgan fingerprint density at radius 3 is 2.31 bits per heavy atom. The third kappa shape index (κ3) is 10.9. The first-order valence-corrected chi connectivity index (χ1v) is 16.7. The molecule has 5 rings (SSSR count). The predicted octanol–water partition coefficient (Wildman–Crippen LogP) is 3.02. The summed E-state index contributed by atoms with van der Waals surface area (Å²) in [5.74, 6) is -1.66. The molecule has 0 aliphatic carbocycles. The highest BCUT2D eigenvalue weighted by molar-refractivity contribution is 5.99. The first kappa shape index (κ1) is 36.6. The second kappa shape index (κ2) is 17.8. The van der Waals surface area contributed by atoms with Crippen molar-refractivity contribution in [2.45, 2.75) is 71.1 Å². The topological polar surface area (TPSA) is 159 Å². The van der Waals surface area contributed by atoms with Crippen LogP contribution in [-0.2, 0) is 27.3 Å². The van der Waals surface area contributed by atoms with E-state index >= 15 is 0 Å². The number of hydrogen-bond donors (Lipinski definition) is 4. The van der Waals surface area contributed by atoms with Crippen molar-refractivity contribution in [2.75, 3.05) is 20.2 Å². The number of methoxy groups -OCH3 is 1. The number of benzene rings is 2. The van der Waals surface area contributed by atoms with Crippen LogP contribution < -0.4 is 26.0 Å². The van der Waals surface area contributed by atoms with Crippen LogP contribution in [0.1, 0.15) is 71.9 Å². The SMILES string of the molecule is COc1cc(C(=O)N2CCCCNC(=O)[C@@H](C)NC(=O)[C@H](CC(C)C)NC(=O)[C@@H](Cc3ccccc3)NC(=O)c3ccc(cc3)C2)ccn1. The minimum absolute atomic E-state index is 0.0578. The second-order valence-corrected chi connectivity index (χ2v) is 12.6. The van der Waals surface area contributed by atoms with Crippen LogP contribution in [0.25, 0.3) is 0 Å². The molecule has 3 atom stereocenters. The molecular weight excluding hydrogens is 624 g/mol. The summed E-state index contributed by atoms with van der Waals surface area (Å²) in [6.07, 6.45) is 3.23. The maximum atomic E-state index is 13.7. The minimum atomic E-state index is -0.989. The number of carbonyl (C=O) groups is 5. The Bertz CT molecular complexity index is 1600. The van der Waals surface area contributed by atoms with Crippen molar-refractivity contribution in [3.63, 3.8) is 0 Å². The lowest BCUT2D eigenvalue weighted by Crippen LogP contribution is -2.57. The van der Waals surface area contributed by atoms with E-state index in [0.29, 0.717) is 49.4 Å².